The van der Waals surface area contributed by atoms with E-state index in [0.717, 1.165) is 44.0 Å². The van der Waals surface area contributed by atoms with Crippen LogP contribution in [0.5, 0.6) is 0 Å². The van der Waals surface area contributed by atoms with Crippen LogP contribution in [0.2, 0.25) is 5.02 Å². The molecule has 0 unspecified atom stereocenters. The van der Waals surface area contributed by atoms with E-state index < -0.39 is 0 Å². The Hall–Kier alpha value is -1.88. The van der Waals surface area contributed by atoms with Crippen LogP contribution in [0.1, 0.15) is 25.7 Å². The van der Waals surface area contributed by atoms with E-state index in [0.29, 0.717) is 16.7 Å². The maximum Gasteiger partial charge on any atom is 0.308 e. The number of ether oxygens (including phenoxy) is 1. The van der Waals surface area contributed by atoms with Gasteiger partial charge < -0.3 is 19.5 Å². The van der Waals surface area contributed by atoms with Gasteiger partial charge in [0.15, 0.2) is 5.96 Å². The van der Waals surface area contributed by atoms with E-state index >= 15 is 0 Å². The van der Waals surface area contributed by atoms with E-state index in [4.69, 9.17) is 20.9 Å². The van der Waals surface area contributed by atoms with E-state index in [-0.39, 0.29) is 42.4 Å². The molecular formula is C19H25ClIN5O3. The van der Waals surface area contributed by atoms with Crippen molar-refractivity contribution in [1.82, 2.24) is 20.4 Å². The largest absolute Gasteiger partial charge is 0.469 e. The molecule has 8 nitrogen and oxygen atoms in total. The number of rotatable bonds is 5. The Morgan fingerprint density at radius 2 is 2.03 bits per heavy atom. The highest BCUT2D eigenvalue weighted by molar-refractivity contribution is 14.0. The van der Waals surface area contributed by atoms with Gasteiger partial charge in [-0.1, -0.05) is 16.8 Å². The summed E-state index contributed by atoms with van der Waals surface area (Å²) in [6.45, 7) is 4.52. The molecule has 1 aromatic carbocycles. The van der Waals surface area contributed by atoms with Crippen molar-refractivity contribution < 1.29 is 14.1 Å². The van der Waals surface area contributed by atoms with E-state index in [2.05, 4.69) is 25.3 Å². The summed E-state index contributed by atoms with van der Waals surface area (Å²) in [6.07, 6.45) is 1.50. The Bertz CT molecular complexity index is 820. The van der Waals surface area contributed by atoms with Crippen molar-refractivity contribution in [2.45, 2.75) is 26.3 Å². The molecule has 1 fully saturated rings. The number of benzene rings is 1. The lowest BCUT2D eigenvalue weighted by Crippen LogP contribution is -2.46. The van der Waals surface area contributed by atoms with E-state index in [1.165, 1.54) is 7.11 Å². The maximum atomic E-state index is 11.7. The molecule has 0 saturated carbocycles. The molecule has 0 aliphatic carbocycles. The zero-order chi connectivity index (χ0) is 19.9. The number of likely N-dealkylation sites (tertiary alicyclic amines) is 1. The van der Waals surface area contributed by atoms with Gasteiger partial charge in [0, 0.05) is 30.2 Å². The van der Waals surface area contributed by atoms with Crippen LogP contribution in [0.15, 0.2) is 33.8 Å². The van der Waals surface area contributed by atoms with Gasteiger partial charge in [0.2, 0.25) is 11.7 Å². The minimum atomic E-state index is -0.137. The molecule has 1 aromatic heterocycles. The highest BCUT2D eigenvalue weighted by Crippen LogP contribution is 2.20. The number of carbonyl (C=O) groups excluding carboxylic acids is 1. The molecular weight excluding hydrogens is 509 g/mol. The summed E-state index contributed by atoms with van der Waals surface area (Å²) in [6, 6.07) is 7.25. The van der Waals surface area contributed by atoms with Crippen LogP contribution in [0.3, 0.4) is 0 Å². The van der Waals surface area contributed by atoms with Gasteiger partial charge in [-0.3, -0.25) is 4.79 Å². The van der Waals surface area contributed by atoms with Crippen molar-refractivity contribution in [3.63, 3.8) is 0 Å². The smallest absolute Gasteiger partial charge is 0.308 e. The summed E-state index contributed by atoms with van der Waals surface area (Å²) in [7, 11) is 1.43. The lowest BCUT2D eigenvalue weighted by atomic mass is 9.97. The van der Waals surface area contributed by atoms with Crippen LogP contribution >= 0.6 is 35.6 Å². The lowest BCUT2D eigenvalue weighted by Gasteiger charge is -2.33. The van der Waals surface area contributed by atoms with E-state index in [1.807, 2.05) is 19.1 Å². The third-order valence-electron chi connectivity index (χ3n) is 4.60. The minimum absolute atomic E-state index is 0. The quantitative estimate of drug-likeness (QED) is 0.273. The molecule has 0 bridgehead atoms. The number of nitrogens with zero attached hydrogens (tertiary/aromatic N) is 4. The highest BCUT2D eigenvalue weighted by Gasteiger charge is 2.27. The zero-order valence-corrected chi connectivity index (χ0v) is 19.5. The first-order valence-corrected chi connectivity index (χ1v) is 9.68. The van der Waals surface area contributed by atoms with E-state index in [9.17, 15) is 4.79 Å². The van der Waals surface area contributed by atoms with Crippen molar-refractivity contribution in [3.8, 4) is 11.4 Å². The number of hydrogen-bond donors (Lipinski definition) is 1. The number of carbonyl (C=O) groups is 1. The van der Waals surface area contributed by atoms with Crippen molar-refractivity contribution in [1.29, 1.82) is 0 Å². The second-order valence-corrected chi connectivity index (χ2v) is 6.91. The normalized spacial score (nSPS) is 15.0. The molecule has 1 aliphatic rings. The average Bonchev–Trinajstić information content (AvgIpc) is 3.20. The standard InChI is InChI=1S/C19H24ClN5O3.HI/c1-3-21-19(25-10-8-14(9-11-25)18(26)27-2)22-12-16-23-17(24-28-16)13-4-6-15(20)7-5-13;/h4-7,14H,3,8-12H2,1-2H3,(H,21,22);1H. The fourth-order valence-electron chi connectivity index (χ4n) is 3.10. The van der Waals surface area contributed by atoms with Crippen molar-refractivity contribution in [2.75, 3.05) is 26.7 Å². The third-order valence-corrected chi connectivity index (χ3v) is 4.85. The molecule has 0 atom stereocenters. The SMILES string of the molecule is CCNC(=NCc1nc(-c2ccc(Cl)cc2)no1)N1CCC(C(=O)OC)CC1.I. The topological polar surface area (TPSA) is 92.9 Å². The van der Waals surface area contributed by atoms with Gasteiger partial charge in [0.1, 0.15) is 6.54 Å². The number of aliphatic imine (C=N–C) groups is 1. The number of nitrogens with one attached hydrogen (secondary N) is 1. The number of aromatic nitrogens is 2. The molecule has 2 aromatic rings. The lowest BCUT2D eigenvalue weighted by molar-refractivity contribution is -0.146. The molecule has 0 spiro atoms. The first kappa shape index (κ1) is 23.4. The Kier molecular flexibility index (Phi) is 9.15. The van der Waals surface area contributed by atoms with Crippen LogP contribution in [0, 0.1) is 5.92 Å². The monoisotopic (exact) mass is 533 g/mol. The van der Waals surface area contributed by atoms with Crippen molar-refractivity contribution in [2.24, 2.45) is 10.9 Å². The predicted molar refractivity (Wildman–Crippen MR) is 121 cm³/mol. The zero-order valence-electron chi connectivity index (χ0n) is 16.4. The maximum absolute atomic E-state index is 11.7. The number of halogens is 2. The highest BCUT2D eigenvalue weighted by atomic mass is 127. The van der Waals surface area contributed by atoms with E-state index in [1.54, 1.807) is 12.1 Å². The Labute approximate surface area is 192 Å². The average molecular weight is 534 g/mol. The minimum Gasteiger partial charge on any atom is -0.469 e. The fraction of sp³-hybridized carbons (Fsp3) is 0.474. The van der Waals surface area contributed by atoms with Gasteiger partial charge in [-0.15, -0.1) is 24.0 Å². The molecule has 0 amide bonds. The Morgan fingerprint density at radius 3 is 2.66 bits per heavy atom. The first-order chi connectivity index (χ1) is 13.6. The number of methoxy groups -OCH3 is 1. The fourth-order valence-corrected chi connectivity index (χ4v) is 3.22. The molecule has 0 radical (unpaired) electrons. The predicted octanol–water partition coefficient (Wildman–Crippen LogP) is 3.36. The summed E-state index contributed by atoms with van der Waals surface area (Å²) in [4.78, 5) is 22.8. The second kappa shape index (κ2) is 11.3. The summed E-state index contributed by atoms with van der Waals surface area (Å²) < 4.78 is 10.2. The van der Waals surface area contributed by atoms with Gasteiger partial charge in [-0.05, 0) is 44.0 Å². The number of hydrogen-bond acceptors (Lipinski definition) is 6. The van der Waals surface area contributed by atoms with Gasteiger partial charge in [0.25, 0.3) is 0 Å². The summed E-state index contributed by atoms with van der Waals surface area (Å²) in [5, 5.41) is 7.94. The molecule has 10 heteroatoms. The van der Waals surface area contributed by atoms with Gasteiger partial charge in [0.05, 0.1) is 13.0 Å². The number of guanidine groups is 1. The van der Waals surface area contributed by atoms with Crippen molar-refractivity contribution >= 4 is 47.5 Å². The van der Waals surface area contributed by atoms with Crippen LogP contribution in [-0.4, -0.2) is 53.7 Å². The molecule has 29 heavy (non-hydrogen) atoms. The van der Waals surface area contributed by atoms with Crippen molar-refractivity contribution in [3.05, 3.63) is 35.2 Å². The summed E-state index contributed by atoms with van der Waals surface area (Å²) >= 11 is 5.91. The van der Waals surface area contributed by atoms with Crippen LogP contribution in [0.4, 0.5) is 0 Å². The Morgan fingerprint density at radius 1 is 1.34 bits per heavy atom. The molecule has 3 rings (SSSR count). The van der Waals surface area contributed by atoms with Crippen LogP contribution < -0.4 is 5.32 Å². The number of piperidine rings is 1. The van der Waals surface area contributed by atoms with Gasteiger partial charge in [-0.25, -0.2) is 4.99 Å². The molecule has 2 heterocycles. The molecule has 1 saturated heterocycles. The number of esters is 1. The summed E-state index contributed by atoms with van der Waals surface area (Å²) in [5.41, 5.74) is 0.833. The first-order valence-electron chi connectivity index (χ1n) is 9.30. The van der Waals surface area contributed by atoms with Gasteiger partial charge in [-0.2, -0.15) is 4.98 Å². The third kappa shape index (κ3) is 6.30. The van der Waals surface area contributed by atoms with Crippen LogP contribution in [0.25, 0.3) is 11.4 Å². The molecule has 1 N–H and O–H groups in total. The van der Waals surface area contributed by atoms with Gasteiger partial charge >= 0.3 is 5.97 Å². The molecule has 1 aliphatic heterocycles. The second-order valence-electron chi connectivity index (χ2n) is 6.47. The summed E-state index contributed by atoms with van der Waals surface area (Å²) in [5.74, 6) is 1.54. The van der Waals surface area contributed by atoms with Crippen LogP contribution in [-0.2, 0) is 16.1 Å². The molecule has 158 valence electrons. The Balaban J connectivity index is 0.00000300.